The van der Waals surface area contributed by atoms with E-state index < -0.39 is 0 Å². The van der Waals surface area contributed by atoms with Crippen LogP contribution >= 0.6 is 38.5 Å². The standard InChI is InChI=1S/C12H9BrIN3O/c13-9-4-3-7(14)6-8(9)12(18)17-11-10(15)2-1-5-16-11/h1-6H,15H2,(H,16,17,18). The first-order chi connectivity index (χ1) is 8.58. The summed E-state index contributed by atoms with van der Waals surface area (Å²) in [4.78, 5) is 16.1. The van der Waals surface area contributed by atoms with Crippen molar-refractivity contribution < 1.29 is 4.79 Å². The number of hydrogen-bond donors (Lipinski definition) is 2. The number of nitrogens with one attached hydrogen (secondary N) is 1. The van der Waals surface area contributed by atoms with E-state index >= 15 is 0 Å². The number of hydrogen-bond acceptors (Lipinski definition) is 3. The van der Waals surface area contributed by atoms with E-state index in [-0.39, 0.29) is 5.91 Å². The number of rotatable bonds is 2. The van der Waals surface area contributed by atoms with Gasteiger partial charge in [-0.15, -0.1) is 0 Å². The molecule has 0 bridgehead atoms. The molecular weight excluding hydrogens is 409 g/mol. The fourth-order valence-electron chi connectivity index (χ4n) is 1.37. The molecule has 0 atom stereocenters. The van der Waals surface area contributed by atoms with Crippen molar-refractivity contribution in [2.45, 2.75) is 0 Å². The maximum absolute atomic E-state index is 12.1. The number of nitrogens with two attached hydrogens (primary N) is 1. The van der Waals surface area contributed by atoms with Gasteiger partial charge in [0.15, 0.2) is 5.82 Å². The van der Waals surface area contributed by atoms with Crippen molar-refractivity contribution in [3.8, 4) is 0 Å². The predicted octanol–water partition coefficient (Wildman–Crippen LogP) is 3.28. The number of aromatic nitrogens is 1. The molecule has 6 heteroatoms. The van der Waals surface area contributed by atoms with Crippen molar-refractivity contribution in [3.05, 3.63) is 50.1 Å². The van der Waals surface area contributed by atoms with E-state index in [4.69, 9.17) is 5.73 Å². The number of carbonyl (C=O) groups excluding carboxylic acids is 1. The lowest BCUT2D eigenvalue weighted by molar-refractivity contribution is 0.102. The lowest BCUT2D eigenvalue weighted by Crippen LogP contribution is -2.15. The van der Waals surface area contributed by atoms with Crippen LogP contribution in [0, 0.1) is 3.57 Å². The molecule has 0 saturated carbocycles. The second kappa shape index (κ2) is 5.66. The Labute approximate surface area is 126 Å². The Morgan fingerprint density at radius 2 is 2.17 bits per heavy atom. The molecule has 4 nitrogen and oxygen atoms in total. The highest BCUT2D eigenvalue weighted by atomic mass is 127. The number of pyridine rings is 1. The van der Waals surface area contributed by atoms with Crippen LogP contribution in [0.3, 0.4) is 0 Å². The molecular formula is C12H9BrIN3O. The Hall–Kier alpha value is -1.15. The van der Waals surface area contributed by atoms with Crippen LogP contribution in [0.5, 0.6) is 0 Å². The SMILES string of the molecule is Nc1cccnc1NC(=O)c1cc(I)ccc1Br. The summed E-state index contributed by atoms with van der Waals surface area (Å²) in [5.41, 5.74) is 6.71. The van der Waals surface area contributed by atoms with Crippen LogP contribution < -0.4 is 11.1 Å². The first-order valence-electron chi connectivity index (χ1n) is 5.05. The molecule has 0 radical (unpaired) electrons. The Morgan fingerprint density at radius 3 is 2.89 bits per heavy atom. The Kier molecular flexibility index (Phi) is 4.18. The van der Waals surface area contributed by atoms with Crippen molar-refractivity contribution >= 4 is 55.9 Å². The van der Waals surface area contributed by atoms with Gasteiger partial charge in [-0.3, -0.25) is 4.79 Å². The van der Waals surface area contributed by atoms with Crippen LogP contribution in [0.25, 0.3) is 0 Å². The zero-order valence-electron chi connectivity index (χ0n) is 9.15. The van der Waals surface area contributed by atoms with Gasteiger partial charge in [0.25, 0.3) is 5.91 Å². The molecule has 1 aromatic carbocycles. The first kappa shape index (κ1) is 13.3. The molecule has 0 aliphatic rings. The van der Waals surface area contributed by atoms with E-state index in [1.54, 1.807) is 24.4 Å². The maximum atomic E-state index is 12.1. The topological polar surface area (TPSA) is 68.0 Å². The van der Waals surface area contributed by atoms with Crippen molar-refractivity contribution in [1.82, 2.24) is 4.98 Å². The second-order valence-corrected chi connectivity index (χ2v) is 5.62. The number of halogens is 2. The predicted molar refractivity (Wildman–Crippen MR) is 83.5 cm³/mol. The Morgan fingerprint density at radius 1 is 1.39 bits per heavy atom. The molecule has 2 aromatic rings. The largest absolute Gasteiger partial charge is 0.396 e. The van der Waals surface area contributed by atoms with E-state index in [0.29, 0.717) is 17.1 Å². The average molecular weight is 418 g/mol. The highest BCUT2D eigenvalue weighted by Crippen LogP contribution is 2.21. The minimum Gasteiger partial charge on any atom is -0.396 e. The van der Waals surface area contributed by atoms with Crippen LogP contribution in [-0.4, -0.2) is 10.9 Å². The summed E-state index contributed by atoms with van der Waals surface area (Å²) in [6.45, 7) is 0. The van der Waals surface area contributed by atoms with Gasteiger partial charge in [-0.05, 0) is 68.9 Å². The highest BCUT2D eigenvalue weighted by molar-refractivity contribution is 14.1. The summed E-state index contributed by atoms with van der Waals surface area (Å²) >= 11 is 5.50. The van der Waals surface area contributed by atoms with Gasteiger partial charge < -0.3 is 11.1 Å². The second-order valence-electron chi connectivity index (χ2n) is 3.52. The molecule has 2 rings (SSSR count). The molecule has 0 spiro atoms. The van der Waals surface area contributed by atoms with E-state index in [1.807, 2.05) is 12.1 Å². The van der Waals surface area contributed by atoms with Crippen molar-refractivity contribution in [2.75, 3.05) is 11.1 Å². The zero-order valence-corrected chi connectivity index (χ0v) is 12.9. The van der Waals surface area contributed by atoms with Crippen LogP contribution in [-0.2, 0) is 0 Å². The Bertz CT molecular complexity index is 604. The third-order valence-corrected chi connectivity index (χ3v) is 3.61. The fraction of sp³-hybridized carbons (Fsp3) is 0. The average Bonchev–Trinajstić information content (AvgIpc) is 2.35. The molecule has 1 amide bonds. The summed E-state index contributed by atoms with van der Waals surface area (Å²) in [5, 5.41) is 2.69. The molecule has 1 heterocycles. The maximum Gasteiger partial charge on any atom is 0.258 e. The van der Waals surface area contributed by atoms with Gasteiger partial charge in [-0.2, -0.15) is 0 Å². The third-order valence-electron chi connectivity index (χ3n) is 2.24. The van der Waals surface area contributed by atoms with Crippen LogP contribution in [0.15, 0.2) is 41.0 Å². The molecule has 92 valence electrons. The lowest BCUT2D eigenvalue weighted by Gasteiger charge is -2.08. The lowest BCUT2D eigenvalue weighted by atomic mass is 10.2. The minimum absolute atomic E-state index is 0.245. The molecule has 0 saturated heterocycles. The van der Waals surface area contributed by atoms with Gasteiger partial charge in [-0.1, -0.05) is 0 Å². The molecule has 3 N–H and O–H groups in total. The monoisotopic (exact) mass is 417 g/mol. The van der Waals surface area contributed by atoms with Crippen molar-refractivity contribution in [3.63, 3.8) is 0 Å². The molecule has 0 aliphatic carbocycles. The Balaban J connectivity index is 2.28. The van der Waals surface area contributed by atoms with Gasteiger partial charge >= 0.3 is 0 Å². The number of carbonyl (C=O) groups is 1. The van der Waals surface area contributed by atoms with E-state index in [9.17, 15) is 4.79 Å². The number of nitrogens with zero attached hydrogens (tertiary/aromatic N) is 1. The summed E-state index contributed by atoms with van der Waals surface area (Å²) in [6.07, 6.45) is 1.58. The molecule has 0 unspecified atom stereocenters. The fourth-order valence-corrected chi connectivity index (χ4v) is 2.29. The van der Waals surface area contributed by atoms with Crippen molar-refractivity contribution in [1.29, 1.82) is 0 Å². The van der Waals surface area contributed by atoms with E-state index in [2.05, 4.69) is 48.8 Å². The molecule has 0 aliphatic heterocycles. The number of benzene rings is 1. The van der Waals surface area contributed by atoms with Gasteiger partial charge in [0.05, 0.1) is 11.3 Å². The first-order valence-corrected chi connectivity index (χ1v) is 6.92. The smallest absolute Gasteiger partial charge is 0.258 e. The summed E-state index contributed by atoms with van der Waals surface area (Å²) in [6, 6.07) is 8.94. The summed E-state index contributed by atoms with van der Waals surface area (Å²) in [7, 11) is 0. The van der Waals surface area contributed by atoms with E-state index in [1.165, 1.54) is 0 Å². The minimum atomic E-state index is -0.245. The normalized spacial score (nSPS) is 10.1. The number of amides is 1. The van der Waals surface area contributed by atoms with Crippen LogP contribution in [0.2, 0.25) is 0 Å². The quantitative estimate of drug-likeness (QED) is 0.736. The van der Waals surface area contributed by atoms with Gasteiger partial charge in [0, 0.05) is 14.2 Å². The molecule has 18 heavy (non-hydrogen) atoms. The van der Waals surface area contributed by atoms with Gasteiger partial charge in [0.1, 0.15) is 0 Å². The third kappa shape index (κ3) is 2.99. The molecule has 0 fully saturated rings. The molecule has 1 aromatic heterocycles. The van der Waals surface area contributed by atoms with Crippen LogP contribution in [0.4, 0.5) is 11.5 Å². The van der Waals surface area contributed by atoms with E-state index in [0.717, 1.165) is 8.04 Å². The van der Waals surface area contributed by atoms with Gasteiger partial charge in [-0.25, -0.2) is 4.98 Å². The van der Waals surface area contributed by atoms with Crippen LogP contribution in [0.1, 0.15) is 10.4 Å². The zero-order chi connectivity index (χ0) is 13.1. The number of nitrogen functional groups attached to an aromatic ring is 1. The highest BCUT2D eigenvalue weighted by Gasteiger charge is 2.12. The summed E-state index contributed by atoms with van der Waals surface area (Å²) < 4.78 is 1.71. The van der Waals surface area contributed by atoms with Gasteiger partial charge in [0.2, 0.25) is 0 Å². The summed E-state index contributed by atoms with van der Waals surface area (Å²) in [5.74, 6) is 0.124. The van der Waals surface area contributed by atoms with Crippen molar-refractivity contribution in [2.24, 2.45) is 0 Å². The number of anilines is 2.